The van der Waals surface area contributed by atoms with E-state index < -0.39 is 11.8 Å². The summed E-state index contributed by atoms with van der Waals surface area (Å²) in [7, 11) is 0. The quantitative estimate of drug-likeness (QED) is 0.873. The Bertz CT molecular complexity index is 444. The Balaban J connectivity index is 2.09. The number of amides is 2. The molecule has 1 saturated heterocycles. The number of carbonyl (C=O) groups excluding carboxylic acids is 2. The van der Waals surface area contributed by atoms with Crippen LogP contribution in [-0.4, -0.2) is 17.9 Å². The monoisotopic (exact) mass is 296 g/mol. The molecule has 1 aliphatic rings. The van der Waals surface area contributed by atoms with Crippen LogP contribution in [-0.2, 0) is 16.0 Å². The molecule has 0 aliphatic carbocycles. The standard InChI is InChI=1S/C12H13BrN2O2/c13-8-3-1-7(2-4-8)5-10-9(12(14)17)6-11(16)15-10/h1-4,9-10H,5-6H2,(H2,14,17)(H,15,16). The number of hydrogen-bond acceptors (Lipinski definition) is 2. The number of hydrogen-bond donors (Lipinski definition) is 2. The summed E-state index contributed by atoms with van der Waals surface area (Å²) in [5, 5.41) is 2.80. The van der Waals surface area contributed by atoms with Gasteiger partial charge in [-0.25, -0.2) is 0 Å². The van der Waals surface area contributed by atoms with E-state index in [0.29, 0.717) is 6.42 Å². The third kappa shape index (κ3) is 2.85. The fourth-order valence-electron chi connectivity index (χ4n) is 2.07. The molecule has 1 heterocycles. The highest BCUT2D eigenvalue weighted by molar-refractivity contribution is 9.10. The SMILES string of the molecule is NC(=O)C1CC(=O)NC1Cc1ccc(Br)cc1. The first kappa shape index (κ1) is 12.1. The van der Waals surface area contributed by atoms with Gasteiger partial charge in [-0.2, -0.15) is 0 Å². The maximum Gasteiger partial charge on any atom is 0.223 e. The van der Waals surface area contributed by atoms with Crippen LogP contribution in [0.5, 0.6) is 0 Å². The lowest BCUT2D eigenvalue weighted by molar-refractivity contribution is -0.124. The van der Waals surface area contributed by atoms with Crippen LogP contribution in [0.25, 0.3) is 0 Å². The van der Waals surface area contributed by atoms with Crippen molar-refractivity contribution in [3.8, 4) is 0 Å². The van der Waals surface area contributed by atoms with Crippen molar-refractivity contribution < 1.29 is 9.59 Å². The molecule has 90 valence electrons. The van der Waals surface area contributed by atoms with Gasteiger partial charge in [-0.05, 0) is 24.1 Å². The van der Waals surface area contributed by atoms with Gasteiger partial charge in [-0.15, -0.1) is 0 Å². The molecule has 2 unspecified atom stereocenters. The Morgan fingerprint density at radius 3 is 2.65 bits per heavy atom. The summed E-state index contributed by atoms with van der Waals surface area (Å²) < 4.78 is 1.00. The van der Waals surface area contributed by atoms with Crippen molar-refractivity contribution in [2.24, 2.45) is 11.7 Å². The van der Waals surface area contributed by atoms with Crippen LogP contribution in [0.2, 0.25) is 0 Å². The second-order valence-corrected chi connectivity index (χ2v) is 5.13. The first-order chi connectivity index (χ1) is 8.06. The number of primary amides is 1. The summed E-state index contributed by atoms with van der Waals surface area (Å²) >= 11 is 3.36. The number of nitrogens with one attached hydrogen (secondary N) is 1. The van der Waals surface area contributed by atoms with Crippen molar-refractivity contribution in [1.82, 2.24) is 5.32 Å². The first-order valence-electron chi connectivity index (χ1n) is 5.39. The third-order valence-corrected chi connectivity index (χ3v) is 3.50. The fraction of sp³-hybridized carbons (Fsp3) is 0.333. The number of halogens is 1. The van der Waals surface area contributed by atoms with Crippen molar-refractivity contribution in [3.05, 3.63) is 34.3 Å². The molecule has 0 saturated carbocycles. The van der Waals surface area contributed by atoms with E-state index in [9.17, 15) is 9.59 Å². The van der Waals surface area contributed by atoms with Gasteiger partial charge in [-0.1, -0.05) is 28.1 Å². The van der Waals surface area contributed by atoms with E-state index >= 15 is 0 Å². The van der Waals surface area contributed by atoms with Gasteiger partial charge in [0.25, 0.3) is 0 Å². The number of benzene rings is 1. The zero-order valence-corrected chi connectivity index (χ0v) is 10.7. The van der Waals surface area contributed by atoms with Gasteiger partial charge in [0.05, 0.1) is 5.92 Å². The molecule has 3 N–H and O–H groups in total. The summed E-state index contributed by atoms with van der Waals surface area (Å²) in [5.74, 6) is -0.910. The van der Waals surface area contributed by atoms with Crippen LogP contribution in [0.3, 0.4) is 0 Å². The molecular formula is C12H13BrN2O2. The lowest BCUT2D eigenvalue weighted by Gasteiger charge is -2.15. The molecule has 0 aromatic heterocycles. The molecule has 1 aromatic carbocycles. The Morgan fingerprint density at radius 1 is 1.41 bits per heavy atom. The highest BCUT2D eigenvalue weighted by Gasteiger charge is 2.35. The minimum absolute atomic E-state index is 0.101. The Labute approximate surface area is 108 Å². The molecular weight excluding hydrogens is 284 g/mol. The van der Waals surface area contributed by atoms with Crippen molar-refractivity contribution in [1.29, 1.82) is 0 Å². The highest BCUT2D eigenvalue weighted by Crippen LogP contribution is 2.21. The maximum atomic E-state index is 11.3. The van der Waals surface area contributed by atoms with E-state index in [1.807, 2.05) is 24.3 Å². The van der Waals surface area contributed by atoms with Crippen LogP contribution < -0.4 is 11.1 Å². The minimum Gasteiger partial charge on any atom is -0.369 e. The Morgan fingerprint density at radius 2 is 2.06 bits per heavy atom. The van der Waals surface area contributed by atoms with Gasteiger partial charge in [-0.3, -0.25) is 9.59 Å². The van der Waals surface area contributed by atoms with Crippen LogP contribution in [0.1, 0.15) is 12.0 Å². The van der Waals surface area contributed by atoms with E-state index in [1.54, 1.807) is 0 Å². The summed E-state index contributed by atoms with van der Waals surface area (Å²) in [4.78, 5) is 22.5. The van der Waals surface area contributed by atoms with E-state index in [-0.39, 0.29) is 18.4 Å². The predicted octanol–water partition coefficient (Wildman–Crippen LogP) is 0.982. The average Bonchev–Trinajstić information content (AvgIpc) is 2.63. The molecule has 2 amide bonds. The smallest absolute Gasteiger partial charge is 0.223 e. The normalized spacial score (nSPS) is 23.5. The second-order valence-electron chi connectivity index (χ2n) is 4.22. The number of carbonyl (C=O) groups is 2. The molecule has 5 heteroatoms. The number of rotatable bonds is 3. The van der Waals surface area contributed by atoms with Gasteiger partial charge in [0.15, 0.2) is 0 Å². The topological polar surface area (TPSA) is 72.2 Å². The largest absolute Gasteiger partial charge is 0.369 e. The third-order valence-electron chi connectivity index (χ3n) is 2.97. The molecule has 1 fully saturated rings. The van der Waals surface area contributed by atoms with Gasteiger partial charge >= 0.3 is 0 Å². The van der Waals surface area contributed by atoms with Crippen molar-refractivity contribution >= 4 is 27.7 Å². The zero-order chi connectivity index (χ0) is 12.4. The molecule has 2 atom stereocenters. The van der Waals surface area contributed by atoms with Crippen LogP contribution >= 0.6 is 15.9 Å². The lowest BCUT2D eigenvalue weighted by Crippen LogP contribution is -2.37. The van der Waals surface area contributed by atoms with Crippen molar-refractivity contribution in [2.75, 3.05) is 0 Å². The fourth-order valence-corrected chi connectivity index (χ4v) is 2.34. The van der Waals surface area contributed by atoms with Crippen LogP contribution in [0.4, 0.5) is 0 Å². The van der Waals surface area contributed by atoms with Crippen LogP contribution in [0, 0.1) is 5.92 Å². The Kier molecular flexibility index (Phi) is 3.47. The van der Waals surface area contributed by atoms with E-state index in [1.165, 1.54) is 0 Å². The molecule has 2 rings (SSSR count). The highest BCUT2D eigenvalue weighted by atomic mass is 79.9. The maximum absolute atomic E-state index is 11.3. The van der Waals surface area contributed by atoms with Gasteiger partial charge in [0.2, 0.25) is 11.8 Å². The molecule has 4 nitrogen and oxygen atoms in total. The second kappa shape index (κ2) is 4.87. The van der Waals surface area contributed by atoms with Crippen LogP contribution in [0.15, 0.2) is 28.7 Å². The molecule has 17 heavy (non-hydrogen) atoms. The first-order valence-corrected chi connectivity index (χ1v) is 6.18. The predicted molar refractivity (Wildman–Crippen MR) is 67.1 cm³/mol. The summed E-state index contributed by atoms with van der Waals surface area (Å²) in [6.07, 6.45) is 0.836. The van der Waals surface area contributed by atoms with E-state index in [2.05, 4.69) is 21.2 Å². The Hall–Kier alpha value is -1.36. The average molecular weight is 297 g/mol. The summed E-state index contributed by atoms with van der Waals surface area (Å²) in [6.45, 7) is 0. The van der Waals surface area contributed by atoms with E-state index in [4.69, 9.17) is 5.73 Å². The van der Waals surface area contributed by atoms with Crippen molar-refractivity contribution in [3.63, 3.8) is 0 Å². The molecule has 0 bridgehead atoms. The van der Waals surface area contributed by atoms with Gasteiger partial charge < -0.3 is 11.1 Å². The number of nitrogens with two attached hydrogens (primary N) is 1. The summed E-state index contributed by atoms with van der Waals surface area (Å²) in [6, 6.07) is 7.62. The lowest BCUT2D eigenvalue weighted by atomic mass is 9.94. The molecule has 1 aliphatic heterocycles. The van der Waals surface area contributed by atoms with Gasteiger partial charge in [0, 0.05) is 16.9 Å². The molecule has 1 aromatic rings. The molecule has 0 spiro atoms. The van der Waals surface area contributed by atoms with Gasteiger partial charge in [0.1, 0.15) is 0 Å². The van der Waals surface area contributed by atoms with Crippen molar-refractivity contribution in [2.45, 2.75) is 18.9 Å². The minimum atomic E-state index is -0.412. The van der Waals surface area contributed by atoms with E-state index in [0.717, 1.165) is 10.0 Å². The summed E-state index contributed by atoms with van der Waals surface area (Å²) in [5.41, 5.74) is 6.37. The zero-order valence-electron chi connectivity index (χ0n) is 9.15. The molecule has 0 radical (unpaired) electrons.